The molecule has 1 N–H and O–H groups in total. The molecular formula is C13H26N2O. The molecule has 0 aromatic heterocycles. The lowest BCUT2D eigenvalue weighted by Gasteiger charge is -2.26. The molecule has 0 heterocycles. The number of nitrogens with one attached hydrogen (secondary N) is 1. The second-order valence-electron chi connectivity index (χ2n) is 5.38. The molecule has 94 valence electrons. The van der Waals surface area contributed by atoms with Gasteiger partial charge >= 0.3 is 0 Å². The largest absolute Gasteiger partial charge is 0.349 e. The summed E-state index contributed by atoms with van der Waals surface area (Å²) in [7, 11) is 3.62. The van der Waals surface area contributed by atoms with Gasteiger partial charge in [0, 0.05) is 27.1 Å². The first-order chi connectivity index (χ1) is 7.59. The molecule has 1 saturated carbocycles. The zero-order valence-electron chi connectivity index (χ0n) is 11.0. The molecule has 1 amide bonds. The monoisotopic (exact) mass is 226 g/mol. The van der Waals surface area contributed by atoms with Gasteiger partial charge in [0.05, 0.1) is 0 Å². The van der Waals surface area contributed by atoms with Crippen LogP contribution in [0.15, 0.2) is 0 Å². The average Bonchev–Trinajstić information content (AvgIpc) is 2.24. The maximum Gasteiger partial charge on any atom is 0.223 e. The molecule has 0 saturated heterocycles. The van der Waals surface area contributed by atoms with E-state index in [1.807, 2.05) is 14.1 Å². The van der Waals surface area contributed by atoms with Crippen LogP contribution in [0.1, 0.15) is 39.0 Å². The molecular weight excluding hydrogens is 200 g/mol. The van der Waals surface area contributed by atoms with Crippen LogP contribution in [0.4, 0.5) is 0 Å². The Labute approximate surface area is 99.6 Å². The van der Waals surface area contributed by atoms with E-state index in [9.17, 15) is 4.79 Å². The Morgan fingerprint density at radius 1 is 1.38 bits per heavy atom. The number of amides is 1. The van der Waals surface area contributed by atoms with Crippen LogP contribution in [-0.4, -0.2) is 38.0 Å². The summed E-state index contributed by atoms with van der Waals surface area (Å²) in [6, 6.07) is 0. The lowest BCUT2D eigenvalue weighted by Crippen LogP contribution is -2.30. The van der Waals surface area contributed by atoms with E-state index in [4.69, 9.17) is 0 Å². The minimum absolute atomic E-state index is 0.213. The molecule has 1 rings (SSSR count). The fourth-order valence-corrected chi connectivity index (χ4v) is 2.47. The Kier molecular flexibility index (Phi) is 5.81. The van der Waals surface area contributed by atoms with Crippen molar-refractivity contribution in [3.8, 4) is 0 Å². The van der Waals surface area contributed by atoms with Crippen LogP contribution >= 0.6 is 0 Å². The van der Waals surface area contributed by atoms with Crippen LogP contribution in [-0.2, 0) is 4.79 Å². The fourth-order valence-electron chi connectivity index (χ4n) is 2.47. The van der Waals surface area contributed by atoms with Crippen molar-refractivity contribution in [3.05, 3.63) is 0 Å². The lowest BCUT2D eigenvalue weighted by molar-refractivity contribution is -0.128. The number of rotatable bonds is 5. The van der Waals surface area contributed by atoms with Gasteiger partial charge in [0.1, 0.15) is 0 Å². The van der Waals surface area contributed by atoms with Crippen molar-refractivity contribution in [3.63, 3.8) is 0 Å². The summed E-state index contributed by atoms with van der Waals surface area (Å²) in [5.74, 6) is 1.94. The summed E-state index contributed by atoms with van der Waals surface area (Å²) >= 11 is 0. The van der Waals surface area contributed by atoms with Crippen LogP contribution in [0.25, 0.3) is 0 Å². The SMILES string of the molecule is CC1CCCC(CNCCC(=O)N(C)C)C1. The molecule has 3 heteroatoms. The first kappa shape index (κ1) is 13.5. The number of carbonyl (C=O) groups excluding carboxylic acids is 1. The third kappa shape index (κ3) is 4.97. The number of carbonyl (C=O) groups is 1. The van der Waals surface area contributed by atoms with Crippen molar-refractivity contribution in [1.29, 1.82) is 0 Å². The van der Waals surface area contributed by atoms with Crippen molar-refractivity contribution in [1.82, 2.24) is 10.2 Å². The standard InChI is InChI=1S/C13H26N2O/c1-11-5-4-6-12(9-11)10-14-8-7-13(16)15(2)3/h11-12,14H,4-10H2,1-3H3. The van der Waals surface area contributed by atoms with Crippen LogP contribution in [0.5, 0.6) is 0 Å². The van der Waals surface area contributed by atoms with Crippen LogP contribution in [0, 0.1) is 11.8 Å². The van der Waals surface area contributed by atoms with E-state index in [0.717, 1.165) is 24.9 Å². The van der Waals surface area contributed by atoms with Crippen LogP contribution < -0.4 is 5.32 Å². The van der Waals surface area contributed by atoms with Crippen LogP contribution in [0.3, 0.4) is 0 Å². The highest BCUT2D eigenvalue weighted by Gasteiger charge is 2.18. The first-order valence-corrected chi connectivity index (χ1v) is 6.50. The predicted molar refractivity (Wildman–Crippen MR) is 67.3 cm³/mol. The van der Waals surface area contributed by atoms with Gasteiger partial charge in [0.25, 0.3) is 0 Å². The summed E-state index contributed by atoms with van der Waals surface area (Å²) in [5, 5.41) is 3.41. The Morgan fingerprint density at radius 3 is 2.75 bits per heavy atom. The first-order valence-electron chi connectivity index (χ1n) is 6.50. The second kappa shape index (κ2) is 6.89. The van der Waals surface area contributed by atoms with Gasteiger partial charge in [-0.05, 0) is 31.2 Å². The normalized spacial score (nSPS) is 25.4. The lowest BCUT2D eigenvalue weighted by atomic mass is 9.82. The fraction of sp³-hybridized carbons (Fsp3) is 0.923. The molecule has 2 atom stereocenters. The van der Waals surface area contributed by atoms with Crippen molar-refractivity contribution in [2.75, 3.05) is 27.2 Å². The second-order valence-corrected chi connectivity index (χ2v) is 5.38. The highest BCUT2D eigenvalue weighted by molar-refractivity contribution is 5.75. The summed E-state index contributed by atoms with van der Waals surface area (Å²) in [6.45, 7) is 4.26. The van der Waals surface area contributed by atoms with E-state index in [1.54, 1.807) is 4.90 Å². The van der Waals surface area contributed by atoms with E-state index >= 15 is 0 Å². The Morgan fingerprint density at radius 2 is 2.12 bits per heavy atom. The number of nitrogens with zero attached hydrogens (tertiary/aromatic N) is 1. The van der Waals surface area contributed by atoms with Gasteiger partial charge in [0.2, 0.25) is 5.91 Å². The molecule has 0 aromatic rings. The van der Waals surface area contributed by atoms with E-state index < -0.39 is 0 Å². The van der Waals surface area contributed by atoms with Gasteiger partial charge in [-0.25, -0.2) is 0 Å². The third-order valence-corrected chi connectivity index (χ3v) is 3.49. The zero-order chi connectivity index (χ0) is 12.0. The van der Waals surface area contributed by atoms with Gasteiger partial charge in [-0.1, -0.05) is 19.8 Å². The molecule has 0 aliphatic heterocycles. The van der Waals surface area contributed by atoms with E-state index in [0.29, 0.717) is 6.42 Å². The highest BCUT2D eigenvalue weighted by atomic mass is 16.2. The topological polar surface area (TPSA) is 32.3 Å². The minimum atomic E-state index is 0.213. The zero-order valence-corrected chi connectivity index (χ0v) is 11.0. The molecule has 0 aromatic carbocycles. The molecule has 3 nitrogen and oxygen atoms in total. The van der Waals surface area contributed by atoms with E-state index in [1.165, 1.54) is 25.7 Å². The van der Waals surface area contributed by atoms with E-state index in [2.05, 4.69) is 12.2 Å². The van der Waals surface area contributed by atoms with Gasteiger partial charge < -0.3 is 10.2 Å². The molecule has 0 radical (unpaired) electrons. The maximum atomic E-state index is 11.3. The van der Waals surface area contributed by atoms with Gasteiger partial charge in [-0.15, -0.1) is 0 Å². The average molecular weight is 226 g/mol. The Balaban J connectivity index is 2.04. The summed E-state index contributed by atoms with van der Waals surface area (Å²) < 4.78 is 0. The minimum Gasteiger partial charge on any atom is -0.349 e. The Bertz CT molecular complexity index is 216. The van der Waals surface area contributed by atoms with Crippen molar-refractivity contribution < 1.29 is 4.79 Å². The van der Waals surface area contributed by atoms with Crippen molar-refractivity contribution in [2.24, 2.45) is 11.8 Å². The summed E-state index contributed by atoms with van der Waals surface area (Å²) in [6.07, 6.45) is 6.11. The maximum absolute atomic E-state index is 11.3. The van der Waals surface area contributed by atoms with E-state index in [-0.39, 0.29) is 5.91 Å². The number of hydrogen-bond acceptors (Lipinski definition) is 2. The smallest absolute Gasteiger partial charge is 0.223 e. The molecule has 0 bridgehead atoms. The Hall–Kier alpha value is -0.570. The van der Waals surface area contributed by atoms with Crippen molar-refractivity contribution in [2.45, 2.75) is 39.0 Å². The number of hydrogen-bond donors (Lipinski definition) is 1. The molecule has 1 fully saturated rings. The van der Waals surface area contributed by atoms with Gasteiger partial charge in [-0.2, -0.15) is 0 Å². The predicted octanol–water partition coefficient (Wildman–Crippen LogP) is 1.88. The quantitative estimate of drug-likeness (QED) is 0.726. The third-order valence-electron chi connectivity index (χ3n) is 3.49. The summed E-state index contributed by atoms with van der Waals surface area (Å²) in [4.78, 5) is 13.0. The summed E-state index contributed by atoms with van der Waals surface area (Å²) in [5.41, 5.74) is 0. The van der Waals surface area contributed by atoms with Crippen LogP contribution in [0.2, 0.25) is 0 Å². The van der Waals surface area contributed by atoms with Gasteiger partial charge in [-0.3, -0.25) is 4.79 Å². The van der Waals surface area contributed by atoms with Crippen molar-refractivity contribution >= 4 is 5.91 Å². The molecule has 2 unspecified atom stereocenters. The van der Waals surface area contributed by atoms with Gasteiger partial charge in [0.15, 0.2) is 0 Å². The molecule has 1 aliphatic rings. The molecule has 16 heavy (non-hydrogen) atoms. The molecule has 0 spiro atoms. The molecule has 1 aliphatic carbocycles. The highest BCUT2D eigenvalue weighted by Crippen LogP contribution is 2.27.